The molecule has 0 amide bonds. The number of hydrogen-bond acceptors (Lipinski definition) is 6. The summed E-state index contributed by atoms with van der Waals surface area (Å²) in [5.74, 6) is 1.52. The van der Waals surface area contributed by atoms with E-state index in [4.69, 9.17) is 15.7 Å². The van der Waals surface area contributed by atoms with E-state index in [1.54, 1.807) is 23.4 Å². The highest BCUT2D eigenvalue weighted by Gasteiger charge is 2.25. The van der Waals surface area contributed by atoms with Crippen LogP contribution in [-0.2, 0) is 19.3 Å². The fourth-order valence-corrected chi connectivity index (χ4v) is 5.24. The maximum atomic E-state index is 13.5. The van der Waals surface area contributed by atoms with Gasteiger partial charge in [0, 0.05) is 31.9 Å². The second kappa shape index (κ2) is 9.41. The molecule has 2 aromatic carbocycles. The third-order valence-electron chi connectivity index (χ3n) is 6.06. The fourth-order valence-electron chi connectivity index (χ4n) is 4.33. The molecular formula is C25H28N6OS. The second-order valence-electron chi connectivity index (χ2n) is 8.54. The van der Waals surface area contributed by atoms with Crippen molar-refractivity contribution in [3.05, 3.63) is 82.1 Å². The van der Waals surface area contributed by atoms with Crippen LogP contribution in [0.2, 0.25) is 0 Å². The normalized spacial score (nSPS) is 16.4. The van der Waals surface area contributed by atoms with E-state index in [1.165, 1.54) is 5.56 Å². The predicted molar refractivity (Wildman–Crippen MR) is 134 cm³/mol. The molecule has 1 saturated heterocycles. The summed E-state index contributed by atoms with van der Waals surface area (Å²) >= 11 is 1.55. The quantitative estimate of drug-likeness (QED) is 0.351. The molecule has 1 aliphatic heterocycles. The molecular weight excluding hydrogens is 432 g/mol. The van der Waals surface area contributed by atoms with Crippen LogP contribution in [0.5, 0.6) is 0 Å². The van der Waals surface area contributed by atoms with Gasteiger partial charge in [-0.1, -0.05) is 72.4 Å². The summed E-state index contributed by atoms with van der Waals surface area (Å²) in [6, 6.07) is 20.5. The predicted octanol–water partition coefficient (Wildman–Crippen LogP) is 3.40. The van der Waals surface area contributed by atoms with Crippen LogP contribution >= 0.6 is 11.8 Å². The van der Waals surface area contributed by atoms with Crippen LogP contribution in [0.3, 0.4) is 0 Å². The van der Waals surface area contributed by atoms with Crippen LogP contribution in [0.4, 0.5) is 5.95 Å². The van der Waals surface area contributed by atoms with Crippen molar-refractivity contribution >= 4 is 28.9 Å². The van der Waals surface area contributed by atoms with Crippen LogP contribution in [-0.4, -0.2) is 38.2 Å². The summed E-state index contributed by atoms with van der Waals surface area (Å²) in [6.07, 6.45) is 2.02. The van der Waals surface area contributed by atoms with Crippen LogP contribution in [0.15, 0.2) is 70.6 Å². The number of anilines is 1. The van der Waals surface area contributed by atoms with E-state index in [-0.39, 0.29) is 11.6 Å². The van der Waals surface area contributed by atoms with Gasteiger partial charge < -0.3 is 10.6 Å². The van der Waals surface area contributed by atoms with Gasteiger partial charge in [-0.3, -0.25) is 13.9 Å². The van der Waals surface area contributed by atoms with E-state index in [0.29, 0.717) is 22.9 Å². The minimum Gasteiger partial charge on any atom is -0.341 e. The van der Waals surface area contributed by atoms with Gasteiger partial charge in [-0.05, 0) is 24.0 Å². The zero-order valence-corrected chi connectivity index (χ0v) is 19.5. The molecule has 8 heteroatoms. The van der Waals surface area contributed by atoms with Crippen molar-refractivity contribution in [1.29, 1.82) is 0 Å². The number of fused-ring (bicyclic) bond motifs is 1. The number of piperidine rings is 1. The van der Waals surface area contributed by atoms with Crippen molar-refractivity contribution < 1.29 is 0 Å². The Labute approximate surface area is 197 Å². The van der Waals surface area contributed by atoms with Crippen LogP contribution in [0.25, 0.3) is 11.2 Å². The molecule has 2 aromatic heterocycles. The Bertz CT molecular complexity index is 1300. The van der Waals surface area contributed by atoms with Crippen molar-refractivity contribution in [2.75, 3.05) is 18.0 Å². The molecule has 1 unspecified atom stereocenters. The Morgan fingerprint density at radius 2 is 1.73 bits per heavy atom. The number of thioether (sulfide) groups is 1. The first-order valence-corrected chi connectivity index (χ1v) is 12.3. The largest absolute Gasteiger partial charge is 0.341 e. The molecule has 2 N–H and O–H groups in total. The van der Waals surface area contributed by atoms with Crippen LogP contribution in [0, 0.1) is 0 Å². The van der Waals surface area contributed by atoms with Gasteiger partial charge >= 0.3 is 0 Å². The maximum Gasteiger partial charge on any atom is 0.280 e. The molecule has 1 fully saturated rings. The van der Waals surface area contributed by atoms with E-state index in [9.17, 15) is 4.79 Å². The Morgan fingerprint density at radius 3 is 2.42 bits per heavy atom. The molecule has 0 saturated carbocycles. The molecule has 170 valence electrons. The molecule has 7 nitrogen and oxygen atoms in total. The molecule has 33 heavy (non-hydrogen) atoms. The van der Waals surface area contributed by atoms with Gasteiger partial charge in [0.2, 0.25) is 5.95 Å². The summed E-state index contributed by atoms with van der Waals surface area (Å²) in [6.45, 7) is 2.17. The molecule has 0 bridgehead atoms. The van der Waals surface area contributed by atoms with E-state index in [2.05, 4.69) is 29.2 Å². The smallest absolute Gasteiger partial charge is 0.280 e. The number of nitrogens with zero attached hydrogens (tertiary/aromatic N) is 5. The van der Waals surface area contributed by atoms with Gasteiger partial charge in [-0.25, -0.2) is 4.98 Å². The minimum atomic E-state index is -0.0773. The van der Waals surface area contributed by atoms with Crippen molar-refractivity contribution in [1.82, 2.24) is 19.1 Å². The summed E-state index contributed by atoms with van der Waals surface area (Å²) in [7, 11) is 1.79. The lowest BCUT2D eigenvalue weighted by Crippen LogP contribution is -2.44. The third kappa shape index (κ3) is 4.54. The first-order chi connectivity index (χ1) is 16.1. The number of rotatable bonds is 6. The number of benzene rings is 2. The van der Waals surface area contributed by atoms with Gasteiger partial charge in [-0.2, -0.15) is 4.98 Å². The Morgan fingerprint density at radius 1 is 1.03 bits per heavy atom. The standard InChI is InChI=1S/C25H28N6OS/c1-29-23(32)21-22(28-25(29)33-17-19-11-6-3-7-12-19)27-24(30-14-8-13-20(26)16-30)31(21)15-18-9-4-2-5-10-18/h2-7,9-12,20H,8,13-17,26H2,1H3. The zero-order chi connectivity index (χ0) is 22.8. The van der Waals surface area contributed by atoms with Gasteiger partial charge in [-0.15, -0.1) is 0 Å². The van der Waals surface area contributed by atoms with Crippen molar-refractivity contribution in [3.8, 4) is 0 Å². The summed E-state index contributed by atoms with van der Waals surface area (Å²) in [5, 5.41) is 0.669. The number of imidazole rings is 1. The number of nitrogens with two attached hydrogens (primary N) is 1. The van der Waals surface area contributed by atoms with Gasteiger partial charge in [0.05, 0.1) is 6.54 Å². The van der Waals surface area contributed by atoms with Crippen molar-refractivity contribution in [3.63, 3.8) is 0 Å². The Hall–Kier alpha value is -3.10. The zero-order valence-electron chi connectivity index (χ0n) is 18.7. The lowest BCUT2D eigenvalue weighted by molar-refractivity contribution is 0.495. The van der Waals surface area contributed by atoms with Gasteiger partial charge in [0.15, 0.2) is 16.3 Å². The topological polar surface area (TPSA) is 82.0 Å². The summed E-state index contributed by atoms with van der Waals surface area (Å²) in [5.41, 5.74) is 9.54. The molecule has 3 heterocycles. The third-order valence-corrected chi connectivity index (χ3v) is 7.16. The van der Waals surface area contributed by atoms with Crippen LogP contribution in [0.1, 0.15) is 24.0 Å². The summed E-state index contributed by atoms with van der Waals surface area (Å²) in [4.78, 5) is 25.4. The van der Waals surface area contributed by atoms with Crippen molar-refractivity contribution in [2.45, 2.75) is 36.3 Å². The highest BCUT2D eigenvalue weighted by Crippen LogP contribution is 2.26. The first-order valence-electron chi connectivity index (χ1n) is 11.3. The number of aromatic nitrogens is 4. The molecule has 5 rings (SSSR count). The highest BCUT2D eigenvalue weighted by molar-refractivity contribution is 7.98. The molecule has 0 spiro atoms. The first kappa shape index (κ1) is 21.7. The molecule has 4 aromatic rings. The van der Waals surface area contributed by atoms with Crippen molar-refractivity contribution in [2.24, 2.45) is 12.8 Å². The molecule has 1 aliphatic rings. The second-order valence-corrected chi connectivity index (χ2v) is 9.48. The van der Waals surface area contributed by atoms with Crippen LogP contribution < -0.4 is 16.2 Å². The van der Waals surface area contributed by atoms with Gasteiger partial charge in [0.1, 0.15) is 0 Å². The SMILES string of the molecule is Cn1c(SCc2ccccc2)nc2nc(N3CCCC(N)C3)n(Cc3ccccc3)c2c1=O. The average molecular weight is 461 g/mol. The minimum absolute atomic E-state index is 0.0773. The lowest BCUT2D eigenvalue weighted by Gasteiger charge is -2.31. The average Bonchev–Trinajstić information content (AvgIpc) is 3.20. The molecule has 1 atom stereocenters. The fraction of sp³-hybridized carbons (Fsp3) is 0.320. The monoisotopic (exact) mass is 460 g/mol. The highest BCUT2D eigenvalue weighted by atomic mass is 32.2. The summed E-state index contributed by atoms with van der Waals surface area (Å²) < 4.78 is 3.66. The number of hydrogen-bond donors (Lipinski definition) is 1. The van der Waals surface area contributed by atoms with E-state index in [1.807, 2.05) is 41.0 Å². The Kier molecular flexibility index (Phi) is 6.20. The Balaban J connectivity index is 1.58. The lowest BCUT2D eigenvalue weighted by atomic mass is 10.1. The van der Waals surface area contributed by atoms with E-state index in [0.717, 1.165) is 43.2 Å². The molecule has 0 aliphatic carbocycles. The van der Waals surface area contributed by atoms with Gasteiger partial charge in [0.25, 0.3) is 5.56 Å². The maximum absolute atomic E-state index is 13.5. The van der Waals surface area contributed by atoms with E-state index >= 15 is 0 Å². The van der Waals surface area contributed by atoms with E-state index < -0.39 is 0 Å². The molecule has 0 radical (unpaired) electrons.